The summed E-state index contributed by atoms with van der Waals surface area (Å²) >= 11 is 0. The largest absolute Gasteiger partial charge is 0.339 e. The molecule has 1 fully saturated rings. The first kappa shape index (κ1) is 18.2. The van der Waals surface area contributed by atoms with Crippen molar-refractivity contribution in [2.45, 2.75) is 6.42 Å². The number of nitrogens with zero attached hydrogens (tertiary/aromatic N) is 2. The van der Waals surface area contributed by atoms with Crippen molar-refractivity contribution in [1.29, 1.82) is 0 Å². The summed E-state index contributed by atoms with van der Waals surface area (Å²) in [6.45, 7) is 1.99. The van der Waals surface area contributed by atoms with E-state index in [2.05, 4.69) is 0 Å². The molecule has 3 aromatic rings. The van der Waals surface area contributed by atoms with Gasteiger partial charge in [-0.25, -0.2) is 4.39 Å². The zero-order chi connectivity index (χ0) is 19.5. The van der Waals surface area contributed by atoms with Gasteiger partial charge < -0.3 is 9.80 Å². The van der Waals surface area contributed by atoms with Crippen LogP contribution in [0.2, 0.25) is 0 Å². The number of amides is 2. The van der Waals surface area contributed by atoms with Gasteiger partial charge in [0.2, 0.25) is 5.91 Å². The van der Waals surface area contributed by atoms with Crippen LogP contribution in [0.3, 0.4) is 0 Å². The molecule has 0 bridgehead atoms. The fourth-order valence-corrected chi connectivity index (χ4v) is 3.66. The van der Waals surface area contributed by atoms with Crippen molar-refractivity contribution in [2.75, 3.05) is 26.2 Å². The van der Waals surface area contributed by atoms with E-state index in [0.29, 0.717) is 38.2 Å². The van der Waals surface area contributed by atoms with Crippen molar-refractivity contribution in [3.63, 3.8) is 0 Å². The molecule has 0 atom stereocenters. The zero-order valence-electron chi connectivity index (χ0n) is 15.5. The van der Waals surface area contributed by atoms with Gasteiger partial charge in [0.1, 0.15) is 5.82 Å². The number of carbonyl (C=O) groups is 2. The highest BCUT2D eigenvalue weighted by atomic mass is 19.1. The van der Waals surface area contributed by atoms with E-state index in [1.165, 1.54) is 24.3 Å². The Balaban J connectivity index is 1.38. The van der Waals surface area contributed by atoms with Crippen molar-refractivity contribution in [1.82, 2.24) is 9.80 Å². The second-order valence-corrected chi connectivity index (χ2v) is 6.99. The van der Waals surface area contributed by atoms with Crippen LogP contribution in [0.1, 0.15) is 15.9 Å². The molecule has 0 spiro atoms. The molecule has 1 saturated heterocycles. The lowest BCUT2D eigenvalue weighted by Gasteiger charge is -2.35. The van der Waals surface area contributed by atoms with Gasteiger partial charge in [-0.1, -0.05) is 42.5 Å². The Morgan fingerprint density at radius 1 is 0.786 bits per heavy atom. The maximum Gasteiger partial charge on any atom is 0.253 e. The number of halogens is 1. The highest BCUT2D eigenvalue weighted by Crippen LogP contribution is 2.20. The molecular formula is C23H21FN2O2. The van der Waals surface area contributed by atoms with E-state index in [-0.39, 0.29) is 17.6 Å². The quantitative estimate of drug-likeness (QED) is 0.702. The summed E-state index contributed by atoms with van der Waals surface area (Å²) in [5.74, 6) is -0.410. The molecule has 0 N–H and O–H groups in total. The number of piperazine rings is 1. The molecule has 1 aliphatic heterocycles. The summed E-state index contributed by atoms with van der Waals surface area (Å²) in [4.78, 5) is 28.8. The highest BCUT2D eigenvalue weighted by molar-refractivity contribution is 5.94. The minimum absolute atomic E-state index is 0.0743. The van der Waals surface area contributed by atoms with Crippen LogP contribution in [0.4, 0.5) is 4.39 Å². The molecule has 4 nitrogen and oxygen atoms in total. The average molecular weight is 376 g/mol. The predicted molar refractivity (Wildman–Crippen MR) is 107 cm³/mol. The molecule has 0 unspecified atom stereocenters. The maximum absolute atomic E-state index is 13.0. The van der Waals surface area contributed by atoms with Gasteiger partial charge in [-0.05, 0) is 40.6 Å². The molecule has 0 radical (unpaired) electrons. The summed E-state index contributed by atoms with van der Waals surface area (Å²) < 4.78 is 13.0. The first-order valence-electron chi connectivity index (χ1n) is 9.41. The molecule has 0 aromatic heterocycles. The van der Waals surface area contributed by atoms with E-state index in [1.807, 2.05) is 47.4 Å². The van der Waals surface area contributed by atoms with Gasteiger partial charge in [-0.15, -0.1) is 0 Å². The maximum atomic E-state index is 13.0. The number of rotatable bonds is 3. The predicted octanol–water partition coefficient (Wildman–Crippen LogP) is 3.51. The van der Waals surface area contributed by atoms with Crippen molar-refractivity contribution in [3.05, 3.63) is 83.7 Å². The van der Waals surface area contributed by atoms with Gasteiger partial charge in [0, 0.05) is 31.7 Å². The molecule has 1 heterocycles. The topological polar surface area (TPSA) is 40.6 Å². The molecule has 3 aromatic carbocycles. The SMILES string of the molecule is O=C(Cc1cccc2ccccc12)N1CCN(C(=O)c2ccc(F)cc2)CC1. The summed E-state index contributed by atoms with van der Waals surface area (Å²) in [5, 5.41) is 2.23. The fourth-order valence-electron chi connectivity index (χ4n) is 3.66. The average Bonchev–Trinajstić information content (AvgIpc) is 2.74. The molecule has 4 rings (SSSR count). The van der Waals surface area contributed by atoms with Gasteiger partial charge in [0.05, 0.1) is 6.42 Å². The van der Waals surface area contributed by atoms with Gasteiger partial charge in [-0.3, -0.25) is 9.59 Å². The zero-order valence-corrected chi connectivity index (χ0v) is 15.5. The second kappa shape index (κ2) is 7.80. The van der Waals surface area contributed by atoms with Crippen LogP contribution in [-0.2, 0) is 11.2 Å². The molecule has 0 aliphatic carbocycles. The van der Waals surface area contributed by atoms with Crippen LogP contribution >= 0.6 is 0 Å². The Labute approximate surface area is 163 Å². The van der Waals surface area contributed by atoms with E-state index in [4.69, 9.17) is 0 Å². The van der Waals surface area contributed by atoms with Crippen LogP contribution < -0.4 is 0 Å². The van der Waals surface area contributed by atoms with Crippen LogP contribution in [-0.4, -0.2) is 47.8 Å². The summed E-state index contributed by atoms with van der Waals surface area (Å²) in [7, 11) is 0. The van der Waals surface area contributed by atoms with Gasteiger partial charge in [0.25, 0.3) is 5.91 Å². The number of benzene rings is 3. The lowest BCUT2D eigenvalue weighted by atomic mass is 10.0. The van der Waals surface area contributed by atoms with E-state index in [0.717, 1.165) is 16.3 Å². The Morgan fingerprint density at radius 3 is 2.18 bits per heavy atom. The number of fused-ring (bicyclic) bond motifs is 1. The van der Waals surface area contributed by atoms with Crippen molar-refractivity contribution in [2.24, 2.45) is 0 Å². The third kappa shape index (κ3) is 3.74. The number of hydrogen-bond acceptors (Lipinski definition) is 2. The lowest BCUT2D eigenvalue weighted by molar-refractivity contribution is -0.131. The second-order valence-electron chi connectivity index (χ2n) is 6.99. The molecule has 0 saturated carbocycles. The standard InChI is InChI=1S/C23H21FN2O2/c24-20-10-8-18(9-11-20)23(28)26-14-12-25(13-15-26)22(27)16-19-6-3-5-17-4-1-2-7-21(17)19/h1-11H,12-16H2. The normalized spacial score (nSPS) is 14.3. The number of carbonyl (C=O) groups excluding carboxylic acids is 2. The highest BCUT2D eigenvalue weighted by Gasteiger charge is 2.25. The van der Waals surface area contributed by atoms with Crippen LogP contribution in [0.15, 0.2) is 66.7 Å². The molecule has 5 heteroatoms. The minimum Gasteiger partial charge on any atom is -0.339 e. The summed E-state index contributed by atoms with van der Waals surface area (Å²) in [5.41, 5.74) is 1.49. The van der Waals surface area contributed by atoms with Crippen LogP contribution in [0, 0.1) is 5.82 Å². The number of hydrogen-bond donors (Lipinski definition) is 0. The van der Waals surface area contributed by atoms with E-state index < -0.39 is 0 Å². The smallest absolute Gasteiger partial charge is 0.253 e. The van der Waals surface area contributed by atoms with E-state index in [1.54, 1.807) is 4.90 Å². The van der Waals surface area contributed by atoms with Gasteiger partial charge >= 0.3 is 0 Å². The van der Waals surface area contributed by atoms with E-state index in [9.17, 15) is 14.0 Å². The van der Waals surface area contributed by atoms with Crippen molar-refractivity contribution < 1.29 is 14.0 Å². The van der Waals surface area contributed by atoms with Crippen LogP contribution in [0.25, 0.3) is 10.8 Å². The Morgan fingerprint density at radius 2 is 1.43 bits per heavy atom. The molecule has 142 valence electrons. The molecule has 2 amide bonds. The first-order chi connectivity index (χ1) is 13.6. The molecule has 1 aliphatic rings. The summed E-state index contributed by atoms with van der Waals surface area (Å²) in [6, 6.07) is 19.6. The lowest BCUT2D eigenvalue weighted by Crippen LogP contribution is -2.51. The van der Waals surface area contributed by atoms with Crippen molar-refractivity contribution in [3.8, 4) is 0 Å². The molecular weight excluding hydrogens is 355 g/mol. The third-order valence-corrected chi connectivity index (χ3v) is 5.23. The van der Waals surface area contributed by atoms with Gasteiger partial charge in [0.15, 0.2) is 0 Å². The third-order valence-electron chi connectivity index (χ3n) is 5.23. The Kier molecular flexibility index (Phi) is 5.06. The Bertz CT molecular complexity index is 1000. The monoisotopic (exact) mass is 376 g/mol. The Hall–Kier alpha value is -3.21. The molecule has 28 heavy (non-hydrogen) atoms. The summed E-state index contributed by atoms with van der Waals surface area (Å²) in [6.07, 6.45) is 0.354. The van der Waals surface area contributed by atoms with Crippen molar-refractivity contribution >= 4 is 22.6 Å². The van der Waals surface area contributed by atoms with Crippen LogP contribution in [0.5, 0.6) is 0 Å². The minimum atomic E-state index is -0.361. The fraction of sp³-hybridized carbons (Fsp3) is 0.217. The van der Waals surface area contributed by atoms with Gasteiger partial charge in [-0.2, -0.15) is 0 Å². The first-order valence-corrected chi connectivity index (χ1v) is 9.41. The van der Waals surface area contributed by atoms with E-state index >= 15 is 0 Å².